The molecular formula is C11H22IN3O2S. The third kappa shape index (κ3) is 7.91. The molecule has 0 aromatic carbocycles. The van der Waals surface area contributed by atoms with Crippen molar-refractivity contribution in [3.63, 3.8) is 0 Å². The molecular weight excluding hydrogens is 365 g/mol. The molecule has 1 aliphatic rings. The van der Waals surface area contributed by atoms with Crippen molar-refractivity contribution in [2.24, 2.45) is 4.99 Å². The smallest absolute Gasteiger partial charge is 0.191 e. The Morgan fingerprint density at radius 3 is 2.50 bits per heavy atom. The van der Waals surface area contributed by atoms with E-state index in [-0.39, 0.29) is 29.7 Å². The molecule has 0 radical (unpaired) electrons. The quantitative estimate of drug-likeness (QED) is 0.319. The van der Waals surface area contributed by atoms with Gasteiger partial charge < -0.3 is 10.6 Å². The molecule has 7 heteroatoms. The second kappa shape index (κ2) is 8.73. The number of aliphatic imine (C=N–C) groups is 1. The fraction of sp³-hybridized carbons (Fsp3) is 0.727. The van der Waals surface area contributed by atoms with E-state index >= 15 is 0 Å². The monoisotopic (exact) mass is 387 g/mol. The maximum Gasteiger partial charge on any atom is 0.191 e. The lowest BCUT2D eigenvalue weighted by Gasteiger charge is -2.16. The van der Waals surface area contributed by atoms with Gasteiger partial charge in [-0.25, -0.2) is 8.42 Å². The average Bonchev–Trinajstić information content (AvgIpc) is 2.68. The van der Waals surface area contributed by atoms with Gasteiger partial charge in [0.25, 0.3) is 0 Å². The third-order valence-corrected chi connectivity index (χ3v) is 3.35. The summed E-state index contributed by atoms with van der Waals surface area (Å²) >= 11 is 0. The van der Waals surface area contributed by atoms with Gasteiger partial charge in [0.1, 0.15) is 9.84 Å². The molecule has 106 valence electrons. The molecule has 1 rings (SSSR count). The molecule has 5 nitrogen and oxygen atoms in total. The summed E-state index contributed by atoms with van der Waals surface area (Å²) in [5.41, 5.74) is 0. The molecule has 0 amide bonds. The zero-order valence-corrected chi connectivity index (χ0v) is 14.0. The number of guanidine groups is 1. The highest BCUT2D eigenvalue weighted by Crippen LogP contribution is 2.08. The average molecular weight is 387 g/mol. The first-order chi connectivity index (χ1) is 8.01. The molecule has 1 aliphatic carbocycles. The van der Waals surface area contributed by atoms with Crippen LogP contribution in [-0.2, 0) is 9.84 Å². The maximum absolute atomic E-state index is 11.0. The largest absolute Gasteiger partial charge is 0.357 e. The predicted octanol–water partition coefficient (Wildman–Crippen LogP) is 0.923. The molecule has 0 unspecified atom stereocenters. The van der Waals surface area contributed by atoms with Crippen molar-refractivity contribution in [1.82, 2.24) is 10.6 Å². The van der Waals surface area contributed by atoms with Gasteiger partial charge in [0.2, 0.25) is 0 Å². The Labute approximate surface area is 126 Å². The van der Waals surface area contributed by atoms with Gasteiger partial charge in [-0.1, -0.05) is 12.2 Å². The number of nitrogens with one attached hydrogen (secondary N) is 2. The summed E-state index contributed by atoms with van der Waals surface area (Å²) in [6.07, 6.45) is 7.49. The molecule has 18 heavy (non-hydrogen) atoms. The van der Waals surface area contributed by atoms with E-state index in [1.807, 2.05) is 6.92 Å². The number of nitrogens with zero attached hydrogens (tertiary/aromatic N) is 1. The topological polar surface area (TPSA) is 70.6 Å². The Kier molecular flexibility index (Phi) is 8.58. The standard InChI is InChI=1S/C11H21N3O2S.HI/c1-3-12-11(13-8-9-17(2,15)16)14-10-6-4-5-7-10;/h4-5,10H,3,6-9H2,1-2H3,(H2,12,13,14);1H. The van der Waals surface area contributed by atoms with Crippen LogP contribution in [0.15, 0.2) is 17.1 Å². The van der Waals surface area contributed by atoms with E-state index in [9.17, 15) is 8.42 Å². The summed E-state index contributed by atoms with van der Waals surface area (Å²) in [6, 6.07) is 0.381. The molecule has 0 saturated heterocycles. The van der Waals surface area contributed by atoms with Crippen LogP contribution in [0.5, 0.6) is 0 Å². The van der Waals surface area contributed by atoms with Crippen LogP contribution in [0.3, 0.4) is 0 Å². The second-order valence-corrected chi connectivity index (χ2v) is 6.43. The lowest BCUT2D eigenvalue weighted by atomic mass is 10.2. The van der Waals surface area contributed by atoms with Gasteiger partial charge in [0, 0.05) is 18.8 Å². The summed E-state index contributed by atoms with van der Waals surface area (Å²) in [6.45, 7) is 3.06. The van der Waals surface area contributed by atoms with E-state index in [2.05, 4.69) is 27.8 Å². The van der Waals surface area contributed by atoms with Crippen LogP contribution in [0.1, 0.15) is 19.8 Å². The predicted molar refractivity (Wildman–Crippen MR) is 86.4 cm³/mol. The van der Waals surface area contributed by atoms with E-state index in [1.165, 1.54) is 6.26 Å². The summed E-state index contributed by atoms with van der Waals surface area (Å²) in [5, 5.41) is 6.40. The van der Waals surface area contributed by atoms with Gasteiger partial charge in [0.15, 0.2) is 5.96 Å². The van der Waals surface area contributed by atoms with E-state index in [0.29, 0.717) is 18.5 Å². The number of hydrogen-bond acceptors (Lipinski definition) is 3. The zero-order chi connectivity index (χ0) is 12.7. The van der Waals surface area contributed by atoms with Crippen LogP contribution in [0.4, 0.5) is 0 Å². The highest BCUT2D eigenvalue weighted by atomic mass is 127. The number of sulfone groups is 1. The molecule has 2 N–H and O–H groups in total. The van der Waals surface area contributed by atoms with Gasteiger partial charge in [-0.3, -0.25) is 4.99 Å². The molecule has 0 aliphatic heterocycles. The summed E-state index contributed by atoms with van der Waals surface area (Å²) in [5.74, 6) is 0.789. The van der Waals surface area contributed by atoms with Gasteiger partial charge >= 0.3 is 0 Å². The SMILES string of the molecule is CCNC(=NCCS(C)(=O)=O)NC1CC=CC1.I. The van der Waals surface area contributed by atoms with Crippen LogP contribution in [0, 0.1) is 0 Å². The molecule has 0 saturated carbocycles. The molecule has 0 aromatic rings. The Hall–Kier alpha value is -0.310. The van der Waals surface area contributed by atoms with Crippen LogP contribution in [0.25, 0.3) is 0 Å². The fourth-order valence-corrected chi connectivity index (χ4v) is 1.99. The molecule has 0 atom stereocenters. The molecule has 0 heterocycles. The first-order valence-corrected chi connectivity index (χ1v) is 7.95. The number of hydrogen-bond donors (Lipinski definition) is 2. The minimum absolute atomic E-state index is 0. The Balaban J connectivity index is 0.00000289. The first kappa shape index (κ1) is 17.7. The Morgan fingerprint density at radius 1 is 1.39 bits per heavy atom. The van der Waals surface area contributed by atoms with Crippen molar-refractivity contribution in [3.8, 4) is 0 Å². The van der Waals surface area contributed by atoms with Crippen molar-refractivity contribution < 1.29 is 8.42 Å². The van der Waals surface area contributed by atoms with Gasteiger partial charge in [-0.05, 0) is 19.8 Å². The van der Waals surface area contributed by atoms with Gasteiger partial charge in [-0.2, -0.15) is 0 Å². The van der Waals surface area contributed by atoms with Crippen LogP contribution in [-0.4, -0.2) is 45.5 Å². The molecule has 0 spiro atoms. The lowest BCUT2D eigenvalue weighted by Crippen LogP contribution is -2.42. The molecule has 0 fully saturated rings. The normalized spacial score (nSPS) is 16.4. The van der Waals surface area contributed by atoms with Gasteiger partial charge in [0.05, 0.1) is 12.3 Å². The van der Waals surface area contributed by atoms with Crippen molar-refractivity contribution in [3.05, 3.63) is 12.2 Å². The van der Waals surface area contributed by atoms with Crippen molar-refractivity contribution in [1.29, 1.82) is 0 Å². The van der Waals surface area contributed by atoms with E-state index in [1.54, 1.807) is 0 Å². The van der Waals surface area contributed by atoms with Crippen LogP contribution in [0.2, 0.25) is 0 Å². The summed E-state index contributed by atoms with van der Waals surface area (Å²) in [4.78, 5) is 4.25. The summed E-state index contributed by atoms with van der Waals surface area (Å²) in [7, 11) is -2.94. The van der Waals surface area contributed by atoms with Crippen molar-refractivity contribution >= 4 is 39.8 Å². The minimum atomic E-state index is -2.94. The highest BCUT2D eigenvalue weighted by molar-refractivity contribution is 14.0. The summed E-state index contributed by atoms with van der Waals surface area (Å²) < 4.78 is 22.0. The van der Waals surface area contributed by atoms with E-state index in [0.717, 1.165) is 19.4 Å². The zero-order valence-electron chi connectivity index (χ0n) is 10.8. The minimum Gasteiger partial charge on any atom is -0.357 e. The highest BCUT2D eigenvalue weighted by Gasteiger charge is 2.11. The van der Waals surface area contributed by atoms with Crippen LogP contribution >= 0.6 is 24.0 Å². The Bertz CT molecular complexity index is 385. The third-order valence-electron chi connectivity index (χ3n) is 2.42. The number of halogens is 1. The lowest BCUT2D eigenvalue weighted by molar-refractivity contribution is 0.601. The Morgan fingerprint density at radius 2 is 2.00 bits per heavy atom. The van der Waals surface area contributed by atoms with E-state index in [4.69, 9.17) is 0 Å². The molecule has 0 bridgehead atoms. The van der Waals surface area contributed by atoms with Crippen molar-refractivity contribution in [2.45, 2.75) is 25.8 Å². The molecule has 0 aromatic heterocycles. The van der Waals surface area contributed by atoms with Crippen LogP contribution < -0.4 is 10.6 Å². The van der Waals surface area contributed by atoms with Crippen molar-refractivity contribution in [2.75, 3.05) is 25.1 Å². The first-order valence-electron chi connectivity index (χ1n) is 5.89. The second-order valence-electron chi connectivity index (χ2n) is 4.17. The van der Waals surface area contributed by atoms with E-state index < -0.39 is 9.84 Å². The maximum atomic E-state index is 11.0. The fourth-order valence-electron chi connectivity index (χ4n) is 1.57. The number of rotatable bonds is 5. The van der Waals surface area contributed by atoms with Gasteiger partial charge in [-0.15, -0.1) is 24.0 Å².